The molecule has 1 saturated heterocycles. The van der Waals surface area contributed by atoms with Gasteiger partial charge in [-0.15, -0.1) is 0 Å². The molecule has 7 rings (SSSR count). The fourth-order valence-corrected chi connectivity index (χ4v) is 12.5. The molecule has 0 saturated carbocycles. The number of rotatable bonds is 20. The Morgan fingerprint density at radius 3 is 2.52 bits per heavy atom. The van der Waals surface area contributed by atoms with Gasteiger partial charge in [0.05, 0.1) is 40.0 Å². The molecule has 2 aromatic carbocycles. The molecule has 0 aliphatic carbocycles. The molecule has 73 heavy (non-hydrogen) atoms. The third-order valence-electron chi connectivity index (χ3n) is 12.1. The molecule has 8 N–H and O–H groups in total. The number of nitrogen functional groups attached to an aromatic ring is 1. The second-order valence-electron chi connectivity index (χ2n) is 18.0. The van der Waals surface area contributed by atoms with Crippen LogP contribution in [0.5, 0.6) is 11.5 Å². The lowest BCUT2D eigenvalue weighted by atomic mass is 9.89. The topological polar surface area (TPSA) is 352 Å². The zero-order valence-electron chi connectivity index (χ0n) is 38.9. The number of nitrogens with one attached hydrogen (secondary N) is 1. The van der Waals surface area contributed by atoms with E-state index in [0.717, 1.165) is 4.57 Å². The van der Waals surface area contributed by atoms with Crippen LogP contribution in [0.25, 0.3) is 17.7 Å². The van der Waals surface area contributed by atoms with E-state index in [1.165, 1.54) is 30.5 Å². The highest BCUT2D eigenvalue weighted by Gasteiger charge is 2.44. The van der Waals surface area contributed by atoms with Crippen molar-refractivity contribution in [2.75, 3.05) is 49.2 Å². The number of ether oxygens (including phenoxy) is 2. The highest BCUT2D eigenvalue weighted by Crippen LogP contribution is 2.66. The quantitative estimate of drug-likeness (QED) is 0.0370. The third-order valence-corrected chi connectivity index (χ3v) is 16.7. The van der Waals surface area contributed by atoms with Crippen LogP contribution in [0.15, 0.2) is 47.4 Å². The zero-order chi connectivity index (χ0) is 53.5. The summed E-state index contributed by atoms with van der Waals surface area (Å²) in [6, 6.07) is 6.16. The number of fused-ring (bicyclic) bond motifs is 4. The van der Waals surface area contributed by atoms with Crippen LogP contribution in [0, 0.1) is 0 Å². The fourth-order valence-electron chi connectivity index (χ4n) is 8.87. The number of unbranched alkanes of at least 4 members (excludes halogenated alkanes) is 1. The molecule has 0 bridgehead atoms. The maximum atomic E-state index is 15.1. The molecule has 2 unspecified atom stereocenters. The van der Waals surface area contributed by atoms with Gasteiger partial charge in [0.25, 0.3) is 0 Å². The minimum absolute atomic E-state index is 0.000131. The number of aliphatic hydroxyl groups excluding tert-OH is 1. The number of aryl methyl sites for hydroxylation is 1. The van der Waals surface area contributed by atoms with Crippen molar-refractivity contribution >= 4 is 68.7 Å². The van der Waals surface area contributed by atoms with E-state index in [1.54, 1.807) is 18.2 Å². The summed E-state index contributed by atoms with van der Waals surface area (Å²) in [4.78, 5) is 67.8. The number of alkyl halides is 3. The number of benzene rings is 2. The number of nitrogens with zero attached hydrogens (tertiary/aromatic N) is 4. The molecule has 0 radical (unpaired) electrons. The lowest BCUT2D eigenvalue weighted by molar-refractivity contribution is -0.121. The highest BCUT2D eigenvalue weighted by atomic mass is 32.2. The van der Waals surface area contributed by atoms with Gasteiger partial charge in [-0.2, -0.15) is 26.8 Å². The van der Waals surface area contributed by atoms with Crippen molar-refractivity contribution in [1.82, 2.24) is 19.4 Å². The number of halogens is 3. The van der Waals surface area contributed by atoms with Gasteiger partial charge in [-0.05, 0) is 50.8 Å². The number of hydrogen-bond donors (Lipinski definition) is 7. The van der Waals surface area contributed by atoms with E-state index in [2.05, 4.69) is 23.4 Å². The molecular weight excluding hydrogens is 1060 g/mol. The van der Waals surface area contributed by atoms with Crippen molar-refractivity contribution in [1.29, 1.82) is 0 Å². The van der Waals surface area contributed by atoms with Crippen molar-refractivity contribution in [2.45, 2.75) is 88.9 Å². The minimum atomic E-state index is -5.80. The Bertz CT molecular complexity index is 3190. The Balaban J connectivity index is 0.981. The molecule has 3 aromatic rings. The number of amides is 1. The predicted octanol–water partition coefficient (Wildman–Crippen LogP) is 2.67. The highest BCUT2D eigenvalue weighted by molar-refractivity contribution is 7.85. The minimum Gasteiger partial charge on any atom is -0.748 e. The van der Waals surface area contributed by atoms with Crippen molar-refractivity contribution in [3.8, 4) is 11.5 Å². The van der Waals surface area contributed by atoms with Crippen LogP contribution in [0.3, 0.4) is 0 Å². The summed E-state index contributed by atoms with van der Waals surface area (Å²) >= 11 is 0. The van der Waals surface area contributed by atoms with E-state index < -0.39 is 87.4 Å². The molecule has 4 aliphatic heterocycles. The average molecular weight is 1110 g/mol. The summed E-state index contributed by atoms with van der Waals surface area (Å²) < 4.78 is 140. The summed E-state index contributed by atoms with van der Waals surface area (Å²) in [6.45, 7) is 4.16. The molecule has 400 valence electrons. The molecular formula is C42H52F3N6O18P3S. The number of carbonyl (C=O) groups is 1. The summed E-state index contributed by atoms with van der Waals surface area (Å²) in [5, 5.41) is 13.8. The van der Waals surface area contributed by atoms with Gasteiger partial charge in [-0.1, -0.05) is 24.3 Å². The predicted molar refractivity (Wildman–Crippen MR) is 253 cm³/mol. The van der Waals surface area contributed by atoms with Crippen LogP contribution in [0.2, 0.25) is 0 Å². The Hall–Kier alpha value is -4.63. The van der Waals surface area contributed by atoms with Crippen LogP contribution in [0.1, 0.15) is 80.9 Å². The lowest BCUT2D eigenvalue weighted by Gasteiger charge is -2.42. The Kier molecular flexibility index (Phi) is 16.6. The Morgan fingerprint density at radius 2 is 1.82 bits per heavy atom. The molecule has 4 aliphatic rings. The molecule has 31 heteroatoms. The van der Waals surface area contributed by atoms with Gasteiger partial charge in [-0.25, -0.2) is 31.5 Å². The first-order chi connectivity index (χ1) is 33.9. The third kappa shape index (κ3) is 14.2. The van der Waals surface area contributed by atoms with Gasteiger partial charge in [0.1, 0.15) is 42.7 Å². The standard InChI is InChI=1S/C42H52F3N6O18P3S/c1-41(2)12-11-26-19-29-34(21-31(26)51(41)16-3-4-17-73(62,63)64)66-33-20-30-25(18-28(33)38(29)42(43,44)45)9-6-14-49(30)15-7-10-36(53)47-13-5-8-27-23-50(40(54)48-39(27)46)37-22-32(52)35(67-37)24-65-71(58,59)69-72(60,61)68-70(55,56)57/h5,8,11-12,18-21,23,32,35,37,52H,3-4,6-7,9-10,13-17,22,24H2,1-2H3,(H7-,46,47,48,53,54,55,56,57,58,59,60,61,62,63,64)/b8-5+/t32-,35+,37+/m0/s1. The van der Waals surface area contributed by atoms with Crippen molar-refractivity contribution in [2.24, 2.45) is 0 Å². The van der Waals surface area contributed by atoms with Crippen LogP contribution in [-0.4, -0.2) is 116 Å². The molecule has 24 nitrogen and oxygen atoms in total. The van der Waals surface area contributed by atoms with E-state index in [-0.39, 0.29) is 65.4 Å². The lowest BCUT2D eigenvalue weighted by Crippen LogP contribution is -2.45. The summed E-state index contributed by atoms with van der Waals surface area (Å²) in [6.07, 6.45) is 0.755. The largest absolute Gasteiger partial charge is 0.748 e. The maximum absolute atomic E-state index is 15.1. The van der Waals surface area contributed by atoms with E-state index in [1.807, 2.05) is 29.4 Å². The smallest absolute Gasteiger partial charge is 0.490 e. The normalized spacial score (nSPS) is 21.2. The van der Waals surface area contributed by atoms with Gasteiger partial charge >= 0.3 is 35.3 Å². The summed E-state index contributed by atoms with van der Waals surface area (Å²) in [5.74, 6) is -1.04. The first-order valence-electron chi connectivity index (χ1n) is 22.5. The van der Waals surface area contributed by atoms with Crippen LogP contribution in [-0.2, 0) is 52.9 Å². The van der Waals surface area contributed by atoms with Gasteiger partial charge in [-0.3, -0.25) is 13.9 Å². The fraction of sp³-hybridized carbons (Fsp3) is 0.476. The molecule has 0 spiro atoms. The molecule has 1 fully saturated rings. The number of hydrogen-bond acceptors (Lipinski definition) is 17. The molecule has 1 amide bonds. The van der Waals surface area contributed by atoms with Crippen molar-refractivity contribution in [3.05, 3.63) is 85.9 Å². The first kappa shape index (κ1) is 56.1. The van der Waals surface area contributed by atoms with Gasteiger partial charge in [0.2, 0.25) is 11.3 Å². The van der Waals surface area contributed by atoms with Crippen LogP contribution < -0.4 is 41.5 Å². The number of anilines is 2. The van der Waals surface area contributed by atoms with E-state index in [4.69, 9.17) is 25.0 Å². The van der Waals surface area contributed by atoms with Gasteiger partial charge in [0.15, 0.2) is 0 Å². The molecule has 5 heterocycles. The van der Waals surface area contributed by atoms with E-state index in [0.29, 0.717) is 67.5 Å². The number of aromatic nitrogens is 2. The van der Waals surface area contributed by atoms with Crippen molar-refractivity contribution in [3.63, 3.8) is 0 Å². The monoisotopic (exact) mass is 1110 g/mol. The van der Waals surface area contributed by atoms with Crippen LogP contribution in [0.4, 0.5) is 24.7 Å². The number of phosphoric ester groups is 1. The second-order valence-corrected chi connectivity index (χ2v) is 23.9. The second kappa shape index (κ2) is 21.5. The Morgan fingerprint density at radius 1 is 1.08 bits per heavy atom. The van der Waals surface area contributed by atoms with E-state index in [9.17, 15) is 51.1 Å². The Labute approximate surface area is 414 Å². The maximum Gasteiger partial charge on any atom is 0.490 e. The number of nitrogens with two attached hydrogens (primary N) is 1. The number of aliphatic hydroxyl groups is 1. The average Bonchev–Trinajstić information content (AvgIpc) is 3.62. The summed E-state index contributed by atoms with van der Waals surface area (Å²) in [7, 11) is -21.4. The van der Waals surface area contributed by atoms with Gasteiger partial charge in [0, 0.05) is 84.4 Å². The van der Waals surface area contributed by atoms with Crippen LogP contribution >= 0.6 is 23.5 Å². The van der Waals surface area contributed by atoms with Gasteiger partial charge < -0.3 is 54.7 Å². The molecule has 5 atom stereocenters. The summed E-state index contributed by atoms with van der Waals surface area (Å²) in [5.41, 5.74) is 5.50. The number of carbonyl (C=O) groups excluding carboxylic acids is 1. The molecule has 1 aromatic heterocycles. The first-order valence-corrected chi connectivity index (χ1v) is 28.6. The SMILES string of the molecule is CC1(C)C=Cc2cc3c(cc2N1CCCCS(=O)(=O)[O-])Oc1cc2c(cc1=C3C(F)(F)F)CCC[N+]=2CCCC(=O)NC/C=C/c1cn([C@H]2C[C@H](O)[C@@H](COP(=O)(O)OP(=O)(O)OP(=O)(O)O)O2)c(=O)nc1N. The zero-order valence-corrected chi connectivity index (χ0v) is 42.4. The number of phosphoric acid groups is 3. The van der Waals surface area contributed by atoms with E-state index >= 15 is 13.2 Å². The van der Waals surface area contributed by atoms with Crippen molar-refractivity contribution < 1.29 is 91.9 Å².